The minimum atomic E-state index is -4.26. The first kappa shape index (κ1) is 22.9. The number of rotatable bonds is 8. The predicted molar refractivity (Wildman–Crippen MR) is 127 cm³/mol. The molecule has 0 aliphatic carbocycles. The first-order valence-corrected chi connectivity index (χ1v) is 11.0. The van der Waals surface area contributed by atoms with Gasteiger partial charge in [0.05, 0.1) is 7.11 Å². The van der Waals surface area contributed by atoms with Crippen molar-refractivity contribution in [2.75, 3.05) is 13.7 Å². The Bertz CT molecular complexity index is 1220. The summed E-state index contributed by atoms with van der Waals surface area (Å²) >= 11 is 0. The van der Waals surface area contributed by atoms with Crippen molar-refractivity contribution in [2.45, 2.75) is 32.1 Å². The Balaban J connectivity index is 1.52. The molecule has 0 saturated carbocycles. The van der Waals surface area contributed by atoms with Gasteiger partial charge in [0.2, 0.25) is 0 Å². The van der Waals surface area contributed by atoms with Crippen LogP contribution in [0.1, 0.15) is 24.1 Å². The van der Waals surface area contributed by atoms with Gasteiger partial charge in [-0.05, 0) is 66.9 Å². The maximum atomic E-state index is 12.8. The zero-order valence-corrected chi connectivity index (χ0v) is 18.7. The maximum absolute atomic E-state index is 12.8. The Morgan fingerprint density at radius 3 is 2.48 bits per heavy atom. The Kier molecular flexibility index (Phi) is 6.75. The SMILES string of the molecule is COc1ccc(CCN[C@H](C)c2ccccc2)cc1-c1ccc2c(ccn2CC(F)(F)F)c1. The topological polar surface area (TPSA) is 26.2 Å². The summed E-state index contributed by atoms with van der Waals surface area (Å²) in [5, 5.41) is 4.32. The van der Waals surface area contributed by atoms with Crippen LogP contribution in [0.15, 0.2) is 79.0 Å². The molecule has 1 aromatic heterocycles. The third-order valence-corrected chi connectivity index (χ3v) is 5.86. The number of nitrogens with zero attached hydrogens (tertiary/aromatic N) is 1. The first-order chi connectivity index (χ1) is 15.8. The molecule has 6 heteroatoms. The van der Waals surface area contributed by atoms with Crippen molar-refractivity contribution >= 4 is 10.9 Å². The van der Waals surface area contributed by atoms with Crippen molar-refractivity contribution in [3.63, 3.8) is 0 Å². The van der Waals surface area contributed by atoms with E-state index in [1.54, 1.807) is 19.2 Å². The summed E-state index contributed by atoms with van der Waals surface area (Å²) < 4.78 is 45.3. The Labute approximate surface area is 191 Å². The van der Waals surface area contributed by atoms with Crippen LogP contribution in [0.3, 0.4) is 0 Å². The molecule has 4 rings (SSSR count). The summed E-state index contributed by atoms with van der Waals surface area (Å²) in [6.45, 7) is 1.97. The third kappa shape index (κ3) is 5.57. The van der Waals surface area contributed by atoms with Crippen LogP contribution in [0.2, 0.25) is 0 Å². The van der Waals surface area contributed by atoms with Gasteiger partial charge >= 0.3 is 6.18 Å². The molecule has 33 heavy (non-hydrogen) atoms. The number of fused-ring (bicyclic) bond motifs is 1. The van der Waals surface area contributed by atoms with Gasteiger partial charge in [-0.3, -0.25) is 0 Å². The van der Waals surface area contributed by atoms with E-state index in [2.05, 4.69) is 36.5 Å². The van der Waals surface area contributed by atoms with E-state index in [1.807, 2.05) is 36.4 Å². The molecule has 172 valence electrons. The van der Waals surface area contributed by atoms with Gasteiger partial charge in [-0.1, -0.05) is 42.5 Å². The summed E-state index contributed by atoms with van der Waals surface area (Å²) in [6.07, 6.45) is -1.93. The average Bonchev–Trinajstić information content (AvgIpc) is 3.20. The van der Waals surface area contributed by atoms with Crippen molar-refractivity contribution in [1.82, 2.24) is 9.88 Å². The second kappa shape index (κ2) is 9.71. The summed E-state index contributed by atoms with van der Waals surface area (Å²) in [5.74, 6) is 0.735. The number of hydrogen-bond donors (Lipinski definition) is 1. The van der Waals surface area contributed by atoms with E-state index in [0.29, 0.717) is 5.52 Å². The van der Waals surface area contributed by atoms with E-state index >= 15 is 0 Å². The smallest absolute Gasteiger partial charge is 0.406 e. The fraction of sp³-hybridized carbons (Fsp3) is 0.259. The fourth-order valence-corrected chi connectivity index (χ4v) is 4.13. The molecule has 0 amide bonds. The average molecular weight is 453 g/mol. The molecule has 0 saturated heterocycles. The van der Waals surface area contributed by atoms with Crippen molar-refractivity contribution in [3.8, 4) is 16.9 Å². The van der Waals surface area contributed by atoms with Gasteiger partial charge in [-0.2, -0.15) is 13.2 Å². The zero-order chi connectivity index (χ0) is 23.4. The summed E-state index contributed by atoms with van der Waals surface area (Å²) in [6, 6.07) is 23.9. The Morgan fingerprint density at radius 1 is 0.970 bits per heavy atom. The van der Waals surface area contributed by atoms with Crippen molar-refractivity contribution < 1.29 is 17.9 Å². The molecule has 4 aromatic rings. The molecule has 0 spiro atoms. The molecular weight excluding hydrogens is 425 g/mol. The highest BCUT2D eigenvalue weighted by molar-refractivity contribution is 5.87. The second-order valence-electron chi connectivity index (χ2n) is 8.20. The van der Waals surface area contributed by atoms with E-state index in [1.165, 1.54) is 16.3 Å². The number of hydrogen-bond acceptors (Lipinski definition) is 2. The first-order valence-electron chi connectivity index (χ1n) is 11.0. The molecule has 1 heterocycles. The lowest BCUT2D eigenvalue weighted by Gasteiger charge is -2.15. The lowest BCUT2D eigenvalue weighted by Crippen LogP contribution is -2.21. The molecule has 0 bridgehead atoms. The lowest BCUT2D eigenvalue weighted by atomic mass is 9.99. The van der Waals surface area contributed by atoms with Gasteiger partial charge in [0.1, 0.15) is 12.3 Å². The standard InChI is InChI=1S/C27H27F3N2O/c1-19(21-6-4-3-5-7-21)31-14-12-20-8-11-26(33-2)24(16-20)22-9-10-25-23(17-22)13-15-32(25)18-27(28,29)30/h3-11,13,15-17,19,31H,12,14,18H2,1-2H3/t19-/m1/s1. The molecule has 1 atom stereocenters. The minimum absolute atomic E-state index is 0.257. The van der Waals surface area contributed by atoms with E-state index in [-0.39, 0.29) is 6.04 Å². The van der Waals surface area contributed by atoms with E-state index < -0.39 is 12.7 Å². The fourth-order valence-electron chi connectivity index (χ4n) is 4.13. The van der Waals surface area contributed by atoms with Gasteiger partial charge in [0.25, 0.3) is 0 Å². The Morgan fingerprint density at radius 2 is 1.76 bits per heavy atom. The monoisotopic (exact) mass is 452 g/mol. The number of alkyl halides is 3. The zero-order valence-electron chi connectivity index (χ0n) is 18.7. The van der Waals surface area contributed by atoms with Gasteiger partial charge in [-0.25, -0.2) is 0 Å². The number of methoxy groups -OCH3 is 1. The van der Waals surface area contributed by atoms with Gasteiger partial charge in [0, 0.05) is 28.7 Å². The van der Waals surface area contributed by atoms with Crippen LogP contribution >= 0.6 is 0 Å². The van der Waals surface area contributed by atoms with Gasteiger partial charge in [-0.15, -0.1) is 0 Å². The molecule has 0 fully saturated rings. The maximum Gasteiger partial charge on any atom is 0.406 e. The molecule has 0 unspecified atom stereocenters. The van der Waals surface area contributed by atoms with Crippen LogP contribution in [-0.4, -0.2) is 24.4 Å². The van der Waals surface area contributed by atoms with Gasteiger partial charge < -0.3 is 14.6 Å². The van der Waals surface area contributed by atoms with Crippen LogP contribution in [0.4, 0.5) is 13.2 Å². The number of aromatic nitrogens is 1. The quantitative estimate of drug-likeness (QED) is 0.319. The summed E-state index contributed by atoms with van der Waals surface area (Å²) in [7, 11) is 1.62. The molecule has 0 radical (unpaired) electrons. The van der Waals surface area contributed by atoms with Crippen LogP contribution in [0.5, 0.6) is 5.75 Å². The summed E-state index contributed by atoms with van der Waals surface area (Å²) in [4.78, 5) is 0. The number of benzene rings is 3. The number of nitrogens with one attached hydrogen (secondary N) is 1. The second-order valence-corrected chi connectivity index (χ2v) is 8.20. The van der Waals surface area contributed by atoms with Crippen molar-refractivity contribution in [1.29, 1.82) is 0 Å². The van der Waals surface area contributed by atoms with Gasteiger partial charge in [0.15, 0.2) is 0 Å². The Hall–Kier alpha value is -3.25. The van der Waals surface area contributed by atoms with E-state index in [9.17, 15) is 13.2 Å². The van der Waals surface area contributed by atoms with Crippen LogP contribution in [0, 0.1) is 0 Å². The number of ether oxygens (including phenoxy) is 1. The molecule has 3 nitrogen and oxygen atoms in total. The molecule has 3 aromatic carbocycles. The highest BCUT2D eigenvalue weighted by Crippen LogP contribution is 2.34. The number of halogens is 3. The third-order valence-electron chi connectivity index (χ3n) is 5.86. The normalized spacial score (nSPS) is 12.8. The molecule has 0 aliphatic heterocycles. The lowest BCUT2D eigenvalue weighted by molar-refractivity contribution is -0.139. The molecule has 1 N–H and O–H groups in total. The highest BCUT2D eigenvalue weighted by atomic mass is 19.4. The summed E-state index contributed by atoms with van der Waals surface area (Å²) in [5.41, 5.74) is 4.81. The molecular formula is C27H27F3N2O. The minimum Gasteiger partial charge on any atom is -0.496 e. The largest absolute Gasteiger partial charge is 0.496 e. The van der Waals surface area contributed by atoms with E-state index in [0.717, 1.165) is 40.8 Å². The highest BCUT2D eigenvalue weighted by Gasteiger charge is 2.28. The van der Waals surface area contributed by atoms with E-state index in [4.69, 9.17) is 4.74 Å². The van der Waals surface area contributed by atoms with Crippen LogP contribution in [0.25, 0.3) is 22.0 Å². The van der Waals surface area contributed by atoms with Crippen LogP contribution < -0.4 is 10.1 Å². The molecule has 0 aliphatic rings. The van der Waals surface area contributed by atoms with Crippen molar-refractivity contribution in [3.05, 3.63) is 90.1 Å². The van der Waals surface area contributed by atoms with Crippen LogP contribution in [-0.2, 0) is 13.0 Å². The predicted octanol–water partition coefficient (Wildman–Crippen LogP) is 6.77. The van der Waals surface area contributed by atoms with Crippen molar-refractivity contribution in [2.24, 2.45) is 0 Å².